The second-order valence-electron chi connectivity index (χ2n) is 6.76. The number of anilines is 1. The molecule has 6 nitrogen and oxygen atoms in total. The fourth-order valence-corrected chi connectivity index (χ4v) is 3.41. The molecule has 0 radical (unpaired) electrons. The Hall–Kier alpha value is -2.90. The van der Waals surface area contributed by atoms with Gasteiger partial charge in [0.2, 0.25) is 0 Å². The van der Waals surface area contributed by atoms with Crippen LogP contribution in [-0.4, -0.2) is 22.6 Å². The molecule has 2 amide bonds. The van der Waals surface area contributed by atoms with E-state index < -0.39 is 11.8 Å². The number of nitrogens with one attached hydrogen (secondary N) is 2. The fourth-order valence-electron chi connectivity index (χ4n) is 2.97. The highest BCUT2D eigenvalue weighted by Gasteiger charge is 2.14. The topological polar surface area (TPSA) is 75.5 Å². The molecule has 0 spiro atoms. The van der Waals surface area contributed by atoms with Crippen LogP contribution in [0.15, 0.2) is 58.1 Å². The van der Waals surface area contributed by atoms with Gasteiger partial charge < -0.3 is 9.88 Å². The average Bonchev–Trinajstić information content (AvgIpc) is 2.99. The Morgan fingerprint density at radius 2 is 1.73 bits per heavy atom. The molecule has 0 bridgehead atoms. The van der Waals surface area contributed by atoms with Gasteiger partial charge in [-0.15, -0.1) is 0 Å². The Bertz CT molecular complexity index is 1140. The first kappa shape index (κ1) is 21.8. The van der Waals surface area contributed by atoms with Crippen LogP contribution in [0.5, 0.6) is 0 Å². The van der Waals surface area contributed by atoms with Crippen LogP contribution in [0.1, 0.15) is 22.5 Å². The van der Waals surface area contributed by atoms with Gasteiger partial charge in [0.1, 0.15) is 0 Å². The van der Waals surface area contributed by atoms with Gasteiger partial charge in [-0.2, -0.15) is 5.10 Å². The normalized spacial score (nSPS) is 11.0. The third-order valence-corrected chi connectivity index (χ3v) is 5.50. The molecule has 154 valence electrons. The van der Waals surface area contributed by atoms with Crippen LogP contribution in [-0.2, 0) is 9.59 Å². The molecule has 3 aromatic rings. The van der Waals surface area contributed by atoms with Crippen LogP contribution >= 0.6 is 27.5 Å². The van der Waals surface area contributed by atoms with Gasteiger partial charge in [0.05, 0.1) is 6.21 Å². The molecule has 0 aliphatic heterocycles. The predicted octanol–water partition coefficient (Wildman–Crippen LogP) is 4.91. The Labute approximate surface area is 188 Å². The summed E-state index contributed by atoms with van der Waals surface area (Å²) in [6.45, 7) is 5.88. The summed E-state index contributed by atoms with van der Waals surface area (Å²) in [5.74, 6) is -1.65. The van der Waals surface area contributed by atoms with Crippen molar-refractivity contribution >= 4 is 51.2 Å². The Morgan fingerprint density at radius 1 is 1.03 bits per heavy atom. The summed E-state index contributed by atoms with van der Waals surface area (Å²) in [6.07, 6.45) is 1.51. The smallest absolute Gasteiger partial charge is 0.318 e. The second kappa shape index (κ2) is 9.28. The van der Waals surface area contributed by atoms with E-state index in [2.05, 4.69) is 36.3 Å². The highest BCUT2D eigenvalue weighted by atomic mass is 79.9. The molecule has 30 heavy (non-hydrogen) atoms. The number of amides is 2. The fraction of sp³-hybridized carbons (Fsp3) is 0.136. The number of hydrogen-bond acceptors (Lipinski definition) is 3. The summed E-state index contributed by atoms with van der Waals surface area (Å²) < 4.78 is 2.93. The predicted molar refractivity (Wildman–Crippen MR) is 123 cm³/mol. The molecule has 0 unspecified atom stereocenters. The number of nitrogens with zero attached hydrogens (tertiary/aromatic N) is 2. The maximum atomic E-state index is 12.0. The molecule has 0 atom stereocenters. The van der Waals surface area contributed by atoms with Crippen LogP contribution in [0, 0.1) is 20.8 Å². The average molecular weight is 488 g/mol. The van der Waals surface area contributed by atoms with Gasteiger partial charge in [0.25, 0.3) is 0 Å². The lowest BCUT2D eigenvalue weighted by Gasteiger charge is -2.11. The number of carbonyl (C=O) groups is 2. The zero-order valence-electron chi connectivity index (χ0n) is 16.7. The van der Waals surface area contributed by atoms with Crippen molar-refractivity contribution in [3.05, 3.63) is 80.5 Å². The molecular weight excluding hydrogens is 468 g/mol. The van der Waals surface area contributed by atoms with E-state index >= 15 is 0 Å². The number of hydrogen-bond donors (Lipinski definition) is 2. The minimum atomic E-state index is -0.853. The van der Waals surface area contributed by atoms with E-state index in [-0.39, 0.29) is 0 Å². The number of halogens is 2. The van der Waals surface area contributed by atoms with E-state index in [9.17, 15) is 9.59 Å². The molecule has 1 aromatic heterocycles. The van der Waals surface area contributed by atoms with Gasteiger partial charge in [-0.25, -0.2) is 5.43 Å². The maximum absolute atomic E-state index is 12.0. The van der Waals surface area contributed by atoms with Crippen molar-refractivity contribution in [2.45, 2.75) is 20.8 Å². The molecule has 8 heteroatoms. The molecule has 2 N–H and O–H groups in total. The molecular formula is C22H20BrClN4O2. The first-order valence-corrected chi connectivity index (χ1v) is 10.3. The standard InChI is InChI=1S/C22H20BrClN4O2/c1-13-4-9-19(11-20(13)24)28-14(2)10-16(15(28)3)12-25-27-22(30)21(29)26-18-7-5-17(23)6-8-18/h4-12H,1-3H3,(H,26,29)(H,27,30)/b25-12-. The van der Waals surface area contributed by atoms with Gasteiger partial charge in [0.15, 0.2) is 0 Å². The van der Waals surface area contributed by atoms with Crippen molar-refractivity contribution in [1.82, 2.24) is 9.99 Å². The van der Waals surface area contributed by atoms with Gasteiger partial charge in [-0.1, -0.05) is 33.6 Å². The molecule has 0 aliphatic carbocycles. The third-order valence-electron chi connectivity index (χ3n) is 4.56. The molecule has 0 saturated carbocycles. The SMILES string of the molecule is Cc1ccc(-n2c(C)cc(/C=N\NC(=O)C(=O)Nc3ccc(Br)cc3)c2C)cc1Cl. The summed E-state index contributed by atoms with van der Waals surface area (Å²) in [6, 6.07) is 14.7. The summed E-state index contributed by atoms with van der Waals surface area (Å²) in [4.78, 5) is 24.0. The summed E-state index contributed by atoms with van der Waals surface area (Å²) in [5, 5.41) is 7.13. The summed E-state index contributed by atoms with van der Waals surface area (Å²) >= 11 is 9.57. The van der Waals surface area contributed by atoms with Crippen molar-refractivity contribution in [2.24, 2.45) is 5.10 Å². The molecule has 0 saturated heterocycles. The maximum Gasteiger partial charge on any atom is 0.329 e. The Balaban J connectivity index is 1.69. The highest BCUT2D eigenvalue weighted by molar-refractivity contribution is 9.10. The Morgan fingerprint density at radius 3 is 2.40 bits per heavy atom. The quantitative estimate of drug-likeness (QED) is 0.312. The summed E-state index contributed by atoms with van der Waals surface area (Å²) in [5.41, 5.74) is 7.47. The lowest BCUT2D eigenvalue weighted by atomic mass is 10.2. The molecule has 1 heterocycles. The van der Waals surface area contributed by atoms with Gasteiger partial charge >= 0.3 is 11.8 Å². The van der Waals surface area contributed by atoms with Gasteiger partial charge in [0, 0.05) is 37.8 Å². The van der Waals surface area contributed by atoms with Crippen molar-refractivity contribution in [3.8, 4) is 5.69 Å². The van der Waals surface area contributed by atoms with Crippen LogP contribution in [0.2, 0.25) is 5.02 Å². The number of carbonyl (C=O) groups excluding carboxylic acids is 2. The second-order valence-corrected chi connectivity index (χ2v) is 8.08. The molecule has 2 aromatic carbocycles. The third kappa shape index (κ3) is 4.98. The largest absolute Gasteiger partial charge is 0.329 e. The first-order chi connectivity index (χ1) is 14.3. The number of aromatic nitrogens is 1. The van der Waals surface area contributed by atoms with Crippen LogP contribution in [0.4, 0.5) is 5.69 Å². The van der Waals surface area contributed by atoms with E-state index in [1.165, 1.54) is 6.21 Å². The van der Waals surface area contributed by atoms with Crippen molar-refractivity contribution < 1.29 is 9.59 Å². The van der Waals surface area contributed by atoms with Crippen LogP contribution < -0.4 is 10.7 Å². The van der Waals surface area contributed by atoms with E-state index in [1.807, 2.05) is 45.0 Å². The summed E-state index contributed by atoms with van der Waals surface area (Å²) in [7, 11) is 0. The number of hydrazone groups is 1. The molecule has 0 fully saturated rings. The van der Waals surface area contributed by atoms with Crippen molar-refractivity contribution in [2.75, 3.05) is 5.32 Å². The number of aryl methyl sites for hydroxylation is 2. The van der Waals surface area contributed by atoms with Crippen LogP contribution in [0.3, 0.4) is 0 Å². The van der Waals surface area contributed by atoms with E-state index in [0.717, 1.165) is 32.7 Å². The minimum absolute atomic E-state index is 0.516. The zero-order valence-corrected chi connectivity index (χ0v) is 19.0. The first-order valence-electron chi connectivity index (χ1n) is 9.11. The van der Waals surface area contributed by atoms with E-state index in [1.54, 1.807) is 24.3 Å². The number of benzene rings is 2. The van der Waals surface area contributed by atoms with Gasteiger partial charge in [-0.3, -0.25) is 9.59 Å². The Kier molecular flexibility index (Phi) is 6.74. The lowest BCUT2D eigenvalue weighted by molar-refractivity contribution is -0.136. The monoisotopic (exact) mass is 486 g/mol. The van der Waals surface area contributed by atoms with Crippen LogP contribution in [0.25, 0.3) is 5.69 Å². The van der Waals surface area contributed by atoms with E-state index in [4.69, 9.17) is 11.6 Å². The van der Waals surface area contributed by atoms with Crippen molar-refractivity contribution in [3.63, 3.8) is 0 Å². The van der Waals surface area contributed by atoms with E-state index in [0.29, 0.717) is 10.7 Å². The van der Waals surface area contributed by atoms with Crippen molar-refractivity contribution in [1.29, 1.82) is 0 Å². The zero-order chi connectivity index (χ0) is 21.8. The van der Waals surface area contributed by atoms with Gasteiger partial charge in [-0.05, 0) is 68.8 Å². The molecule has 3 rings (SSSR count). The number of rotatable bonds is 4. The highest BCUT2D eigenvalue weighted by Crippen LogP contribution is 2.24. The molecule has 0 aliphatic rings. The lowest BCUT2D eigenvalue weighted by Crippen LogP contribution is -2.32. The minimum Gasteiger partial charge on any atom is -0.318 e.